The summed E-state index contributed by atoms with van der Waals surface area (Å²) in [6.07, 6.45) is 0. The molecule has 0 fully saturated rings. The van der Waals surface area contributed by atoms with Crippen LogP contribution in [0.1, 0.15) is 47.2 Å². The molecule has 0 bridgehead atoms. The van der Waals surface area contributed by atoms with E-state index in [1.165, 1.54) is 89.0 Å². The first-order valence-corrected chi connectivity index (χ1v) is 20.7. The second-order valence-corrected chi connectivity index (χ2v) is 16.6. The van der Waals surface area contributed by atoms with Crippen molar-refractivity contribution < 1.29 is 0 Å². The summed E-state index contributed by atoms with van der Waals surface area (Å²) < 4.78 is 0. The van der Waals surface area contributed by atoms with E-state index in [4.69, 9.17) is 0 Å². The molecule has 280 valence electrons. The Morgan fingerprint density at radius 1 is 0.288 bits per heavy atom. The predicted molar refractivity (Wildman–Crippen MR) is 247 cm³/mol. The lowest BCUT2D eigenvalue weighted by molar-refractivity contribution is 0.661. The van der Waals surface area contributed by atoms with Crippen molar-refractivity contribution in [3.63, 3.8) is 0 Å². The molecule has 1 N–H and O–H groups in total. The molecule has 2 aliphatic rings. The second-order valence-electron chi connectivity index (χ2n) is 16.6. The van der Waals surface area contributed by atoms with E-state index >= 15 is 0 Å². The minimum atomic E-state index is -0.431. The van der Waals surface area contributed by atoms with Gasteiger partial charge in [0.15, 0.2) is 0 Å². The molecule has 0 saturated heterocycles. The van der Waals surface area contributed by atoms with Crippen molar-refractivity contribution in [3.05, 3.63) is 252 Å². The molecule has 1 heteroatoms. The molecule has 0 amide bonds. The van der Waals surface area contributed by atoms with E-state index < -0.39 is 5.41 Å². The van der Waals surface area contributed by atoms with Gasteiger partial charge in [0, 0.05) is 16.8 Å². The first-order valence-electron chi connectivity index (χ1n) is 20.7. The van der Waals surface area contributed by atoms with Crippen LogP contribution in [0.2, 0.25) is 0 Å². The molecule has 0 radical (unpaired) electrons. The number of hydrogen-bond acceptors (Lipinski definition) is 1. The summed E-state index contributed by atoms with van der Waals surface area (Å²) in [4.78, 5) is 0. The van der Waals surface area contributed by atoms with Crippen LogP contribution >= 0.6 is 0 Å². The molecule has 9 aromatic carbocycles. The molecule has 0 aromatic heterocycles. The standard InChI is InChI=1S/C58H43N/c1-57(2)54-36-44(43-28-26-42(27-29-43)41-24-22-40(23-25-41)39-14-6-3-7-15-39)30-33-50(54)51-34-31-47(37-55(51)57)59-48-32-35-52-49-20-12-13-21-53(49)58(56(52)38-48,45-16-8-4-9-17-45)46-18-10-5-11-19-46/h3-38,59H,1-2H3. The highest BCUT2D eigenvalue weighted by Crippen LogP contribution is 2.57. The summed E-state index contributed by atoms with van der Waals surface area (Å²) in [6, 6.07) is 80.3. The molecule has 0 unspecified atom stereocenters. The molecule has 0 spiro atoms. The summed E-state index contributed by atoms with van der Waals surface area (Å²) in [5.74, 6) is 0. The molecule has 0 atom stereocenters. The van der Waals surface area contributed by atoms with E-state index in [0.717, 1.165) is 11.4 Å². The van der Waals surface area contributed by atoms with Crippen LogP contribution in [0.15, 0.2) is 218 Å². The smallest absolute Gasteiger partial charge is 0.0714 e. The highest BCUT2D eigenvalue weighted by Gasteiger charge is 2.46. The molecule has 0 heterocycles. The van der Waals surface area contributed by atoms with Crippen LogP contribution in [-0.4, -0.2) is 0 Å². The van der Waals surface area contributed by atoms with Crippen molar-refractivity contribution in [2.24, 2.45) is 0 Å². The van der Waals surface area contributed by atoms with Crippen LogP contribution in [0.25, 0.3) is 55.6 Å². The Kier molecular flexibility index (Phi) is 8.13. The van der Waals surface area contributed by atoms with Crippen molar-refractivity contribution in [1.29, 1.82) is 0 Å². The minimum Gasteiger partial charge on any atom is -0.356 e. The molecule has 9 aromatic rings. The van der Waals surface area contributed by atoms with E-state index in [0.29, 0.717) is 0 Å². The molecule has 2 aliphatic carbocycles. The van der Waals surface area contributed by atoms with E-state index in [1.54, 1.807) is 0 Å². The number of rotatable bonds is 7. The van der Waals surface area contributed by atoms with Crippen molar-refractivity contribution in [2.45, 2.75) is 24.7 Å². The monoisotopic (exact) mass is 753 g/mol. The van der Waals surface area contributed by atoms with Gasteiger partial charge in [-0.15, -0.1) is 0 Å². The lowest BCUT2D eigenvalue weighted by Crippen LogP contribution is -2.28. The molecule has 0 aliphatic heterocycles. The van der Waals surface area contributed by atoms with Crippen molar-refractivity contribution in [1.82, 2.24) is 0 Å². The highest BCUT2D eigenvalue weighted by molar-refractivity contribution is 5.89. The van der Waals surface area contributed by atoms with Crippen LogP contribution < -0.4 is 5.32 Å². The van der Waals surface area contributed by atoms with Crippen molar-refractivity contribution >= 4 is 11.4 Å². The Morgan fingerprint density at radius 2 is 0.661 bits per heavy atom. The van der Waals surface area contributed by atoms with Crippen LogP contribution in [0.3, 0.4) is 0 Å². The van der Waals surface area contributed by atoms with Gasteiger partial charge in [-0.05, 0) is 119 Å². The Bertz CT molecular complexity index is 2960. The zero-order valence-corrected chi connectivity index (χ0v) is 33.3. The third kappa shape index (κ3) is 5.61. The maximum atomic E-state index is 3.86. The number of hydrogen-bond donors (Lipinski definition) is 1. The Hall–Kier alpha value is -7.22. The number of anilines is 2. The van der Waals surface area contributed by atoms with Gasteiger partial charge in [0.25, 0.3) is 0 Å². The van der Waals surface area contributed by atoms with Gasteiger partial charge in [0.05, 0.1) is 5.41 Å². The van der Waals surface area contributed by atoms with Crippen LogP contribution in [-0.2, 0) is 10.8 Å². The predicted octanol–water partition coefficient (Wildman–Crippen LogP) is 15.1. The van der Waals surface area contributed by atoms with Gasteiger partial charge in [-0.1, -0.05) is 202 Å². The quantitative estimate of drug-likeness (QED) is 0.171. The van der Waals surface area contributed by atoms with E-state index in [2.05, 4.69) is 238 Å². The molecule has 11 rings (SSSR count). The number of fused-ring (bicyclic) bond motifs is 6. The highest BCUT2D eigenvalue weighted by atomic mass is 14.9. The zero-order valence-electron chi connectivity index (χ0n) is 33.3. The van der Waals surface area contributed by atoms with Gasteiger partial charge in [-0.2, -0.15) is 0 Å². The largest absolute Gasteiger partial charge is 0.356 e. The summed E-state index contributed by atoms with van der Waals surface area (Å²) in [6.45, 7) is 4.74. The fourth-order valence-electron chi connectivity index (χ4n) is 10.0. The zero-order chi connectivity index (χ0) is 39.6. The lowest BCUT2D eigenvalue weighted by atomic mass is 9.67. The molecule has 59 heavy (non-hydrogen) atoms. The minimum absolute atomic E-state index is 0.159. The van der Waals surface area contributed by atoms with Gasteiger partial charge in [0.2, 0.25) is 0 Å². The normalized spacial score (nSPS) is 13.9. The number of nitrogens with one attached hydrogen (secondary N) is 1. The Balaban J connectivity index is 0.898. The van der Waals surface area contributed by atoms with Gasteiger partial charge >= 0.3 is 0 Å². The SMILES string of the molecule is CC1(C)c2cc(Nc3ccc4c(c3)C(c3ccccc3)(c3ccccc3)c3ccccc3-4)ccc2-c2ccc(-c3ccc(-c4ccc(-c5ccccc5)cc4)cc3)cc21. The molecule has 0 saturated carbocycles. The van der Waals surface area contributed by atoms with Gasteiger partial charge in [0.1, 0.15) is 0 Å². The first-order chi connectivity index (χ1) is 29.0. The van der Waals surface area contributed by atoms with E-state index in [-0.39, 0.29) is 5.41 Å². The maximum absolute atomic E-state index is 3.86. The fraction of sp³-hybridized carbons (Fsp3) is 0.0690. The fourth-order valence-corrected chi connectivity index (χ4v) is 10.0. The third-order valence-electron chi connectivity index (χ3n) is 13.0. The van der Waals surface area contributed by atoms with Crippen molar-refractivity contribution in [2.75, 3.05) is 5.32 Å². The van der Waals surface area contributed by atoms with Crippen LogP contribution in [0, 0.1) is 0 Å². The van der Waals surface area contributed by atoms with Crippen molar-refractivity contribution in [3.8, 4) is 55.6 Å². The van der Waals surface area contributed by atoms with Gasteiger partial charge < -0.3 is 5.32 Å². The average molecular weight is 754 g/mol. The first kappa shape index (κ1) is 35.0. The maximum Gasteiger partial charge on any atom is 0.0714 e. The average Bonchev–Trinajstić information content (AvgIpc) is 3.72. The molecular formula is C58H43N. The molecule has 1 nitrogen and oxygen atoms in total. The number of benzene rings is 9. The Labute approximate surface area is 347 Å². The van der Waals surface area contributed by atoms with E-state index in [1.807, 2.05) is 0 Å². The van der Waals surface area contributed by atoms with Gasteiger partial charge in [-0.3, -0.25) is 0 Å². The Morgan fingerprint density at radius 3 is 1.22 bits per heavy atom. The van der Waals surface area contributed by atoms with E-state index in [9.17, 15) is 0 Å². The molecular weight excluding hydrogens is 711 g/mol. The summed E-state index contributed by atoms with van der Waals surface area (Å²) >= 11 is 0. The third-order valence-corrected chi connectivity index (χ3v) is 13.0. The second kappa shape index (κ2) is 13.7. The van der Waals surface area contributed by atoms with Crippen LogP contribution in [0.4, 0.5) is 11.4 Å². The van der Waals surface area contributed by atoms with Gasteiger partial charge in [-0.25, -0.2) is 0 Å². The van der Waals surface area contributed by atoms with Crippen LogP contribution in [0.5, 0.6) is 0 Å². The summed E-state index contributed by atoms with van der Waals surface area (Å²) in [5, 5.41) is 3.86. The summed E-state index contributed by atoms with van der Waals surface area (Å²) in [5.41, 5.74) is 22.1. The topological polar surface area (TPSA) is 12.0 Å². The lowest BCUT2D eigenvalue weighted by Gasteiger charge is -2.34. The summed E-state index contributed by atoms with van der Waals surface area (Å²) in [7, 11) is 0.